The average Bonchev–Trinajstić information content (AvgIpc) is 1.73. The van der Waals surface area contributed by atoms with E-state index in [9.17, 15) is 64.2 Å². The van der Waals surface area contributed by atoms with Crippen molar-refractivity contribution in [2.75, 3.05) is 6.61 Å². The number of carbonyl (C=O) groups excluding carboxylic acids is 7. The molecule has 0 aromatic carbocycles. The van der Waals surface area contributed by atoms with Crippen LogP contribution in [0.3, 0.4) is 0 Å². The molecular formula is C96H142O19. The molecule has 17 aliphatic rings. The van der Waals surface area contributed by atoms with E-state index in [2.05, 4.69) is 114 Å². The summed E-state index contributed by atoms with van der Waals surface area (Å²) < 4.78 is 33.8. The first kappa shape index (κ1) is 88.7. The number of esters is 6. The van der Waals surface area contributed by atoms with Crippen LogP contribution in [-0.2, 0) is 62.0 Å². The summed E-state index contributed by atoms with van der Waals surface area (Å²) in [5.41, 5.74) is 7.21. The van der Waals surface area contributed by atoms with Crippen molar-refractivity contribution in [3.8, 4) is 0 Å². The van der Waals surface area contributed by atoms with Gasteiger partial charge in [0.1, 0.15) is 36.6 Å². The fraction of sp³-hybridized carbons (Fsp3) is 0.781. The Hall–Kier alpha value is -5.57. The lowest BCUT2D eigenvalue weighted by molar-refractivity contribution is -0.153. The van der Waals surface area contributed by atoms with E-state index in [1.807, 2.05) is 13.8 Å². The van der Waals surface area contributed by atoms with Gasteiger partial charge in [0.2, 0.25) is 0 Å². The molecule has 15 fully saturated rings. The second kappa shape index (κ2) is 35.6. The van der Waals surface area contributed by atoms with Crippen molar-refractivity contribution in [3.63, 3.8) is 0 Å². The molecule has 9 saturated carbocycles. The molecule has 6 heterocycles. The van der Waals surface area contributed by atoms with E-state index in [1.54, 1.807) is 0 Å². The third-order valence-electron chi connectivity index (χ3n) is 33.6. The summed E-state index contributed by atoms with van der Waals surface area (Å²) in [7, 11) is 0. The molecule has 6 N–H and O–H groups in total. The fourth-order valence-electron chi connectivity index (χ4n) is 26.5. The molecule has 6 saturated heterocycles. The molecule has 34 atom stereocenters. The monoisotopic (exact) mass is 1600 g/mol. The minimum Gasteiger partial charge on any atom is -0.462 e. The molecule has 0 bridgehead atoms. The van der Waals surface area contributed by atoms with E-state index in [-0.39, 0.29) is 196 Å². The number of allylic oxidation sites excluding steroid dienone is 2. The van der Waals surface area contributed by atoms with Crippen molar-refractivity contribution in [1.29, 1.82) is 0 Å². The molecule has 19 heteroatoms. The number of Topliss-reactive ketones (excluding diaryl/α,β-unsaturated/α-hetero) is 1. The second-order valence-corrected chi connectivity index (χ2v) is 39.8. The summed E-state index contributed by atoms with van der Waals surface area (Å²) in [5.74, 6) is 2.59. The number of hydrogen-bond donors (Lipinski definition) is 6. The van der Waals surface area contributed by atoms with Crippen LogP contribution in [0.1, 0.15) is 263 Å². The van der Waals surface area contributed by atoms with Crippen molar-refractivity contribution in [2.45, 2.75) is 330 Å². The smallest absolute Gasteiger partial charge is 0.309 e. The normalized spacial score (nSPS) is 46.8. The summed E-state index contributed by atoms with van der Waals surface area (Å²) in [6.45, 7) is 46.0. The number of aliphatic hydroxyl groups is 6. The number of ether oxygens (including phenoxy) is 6. The number of carbonyl (C=O) groups is 7. The van der Waals surface area contributed by atoms with Gasteiger partial charge in [-0.1, -0.05) is 131 Å². The predicted molar refractivity (Wildman–Crippen MR) is 437 cm³/mol. The highest BCUT2D eigenvalue weighted by Gasteiger charge is 2.64. The summed E-state index contributed by atoms with van der Waals surface area (Å²) >= 11 is 0. The van der Waals surface area contributed by atoms with Gasteiger partial charge < -0.3 is 59.1 Å². The zero-order valence-corrected chi connectivity index (χ0v) is 71.5. The van der Waals surface area contributed by atoms with E-state index in [0.717, 1.165) is 176 Å². The molecule has 11 aliphatic carbocycles. The van der Waals surface area contributed by atoms with Gasteiger partial charge in [-0.25, -0.2) is 0 Å². The van der Waals surface area contributed by atoms with E-state index < -0.39 is 12.2 Å². The van der Waals surface area contributed by atoms with E-state index in [0.29, 0.717) is 67.1 Å². The van der Waals surface area contributed by atoms with Gasteiger partial charge >= 0.3 is 35.8 Å². The van der Waals surface area contributed by atoms with Gasteiger partial charge in [0, 0.05) is 77.1 Å². The van der Waals surface area contributed by atoms with Gasteiger partial charge in [-0.2, -0.15) is 0 Å². The molecule has 0 radical (unpaired) electrons. The Morgan fingerprint density at radius 2 is 0.974 bits per heavy atom. The Morgan fingerprint density at radius 1 is 0.470 bits per heavy atom. The lowest BCUT2D eigenvalue weighted by Crippen LogP contribution is -2.53. The number of hydrogen-bond acceptors (Lipinski definition) is 19. The lowest BCUT2D eigenvalue weighted by Gasteiger charge is -2.53. The molecular weight excluding hydrogens is 1460 g/mol. The molecule has 0 aromatic rings. The number of rotatable bonds is 7. The third-order valence-corrected chi connectivity index (χ3v) is 33.6. The second-order valence-electron chi connectivity index (χ2n) is 39.8. The standard InChI is InChI=1S/C16H22O4.C16H24O3.C16H22O3.2C16H24O3.C16H26O3/c1-4-9-14-12(18)5-7(2)10-6-11(17)8(3)13(10)15(14)20-16(9)19;2*1-4-10-11-7-12-9(2)13(17)5-6-16(12,3)8-14(11)19-15(10)18;2*1-4-10-11-7-8-16(3)12(17)6-5-9(2)13(16)14(11)19-15(10)18;1-3-13-14-8-7-12(10-17)6-4-5-11(2)9-15(14)19-16(13)18/h9-15,17-18H,2-6H2,1H3;10-14,17H,2,4-8H2,1,3H3;10-12,14H,2,4-8H2,1,3H3;5,10-14,17H,4,6-8H2,1-3H3;10-14,17H,2,4-8H2,1,3H3;9,12-15,17H,3-8,10H2,1-2H3/b;;;;;11-9+/t9-,10-,11-,12-,13-,14+,15+;10-,11+,12-,13+,14+,16+;10-,11+,12-,14+,16+;2*10-,11-,12+,13?,14-,16-;12?,13-,14-,15+/m000000/s1. The topological polar surface area (TPSA) is 296 Å². The maximum absolute atomic E-state index is 12.0. The highest BCUT2D eigenvalue weighted by molar-refractivity contribution is 5.96. The quantitative estimate of drug-likeness (QED) is 0.0597. The van der Waals surface area contributed by atoms with Crippen LogP contribution in [0, 0.1) is 134 Å². The SMILES string of the molecule is C=C1C(=O)CC[C@]2(C)C[C@H]3OC(=O)[C@@H](CC)[C@H]3C[C@@H]12.C=C1CC[C@@H](O)[C@]2(C)CC[C@H]3[C@H](CC)C(=O)O[C@@H]3C12.C=C1[C@@H]2[C@H]3OC(=O)[C@@H](CC)[C@@H]3[C@@H](O)CC(=C)[C@@H]2C[C@@H]1O.C=C1[C@H](O)CC[C@]2(C)C[C@H]3OC(=O)[C@@H](CC)[C@H]3C[C@@H]12.CC[C@@H]1C(=O)O[C@@H]2/C=C(\C)CCCC(CO)CC[C@@H]12.CC[C@@H]1C(=O)O[C@@H]2C3C(C)=CC[C@@H](O)[C@]3(C)CC[C@@H]12. The molecule has 0 spiro atoms. The van der Waals surface area contributed by atoms with E-state index >= 15 is 0 Å². The van der Waals surface area contributed by atoms with Crippen LogP contribution in [0.2, 0.25) is 0 Å². The van der Waals surface area contributed by atoms with Crippen LogP contribution in [0.15, 0.2) is 84.1 Å². The summed E-state index contributed by atoms with van der Waals surface area (Å²) in [6.07, 6.45) is 26.6. The zero-order valence-electron chi connectivity index (χ0n) is 71.5. The van der Waals surface area contributed by atoms with Crippen molar-refractivity contribution in [1.82, 2.24) is 0 Å². The van der Waals surface area contributed by atoms with Crippen LogP contribution in [0.4, 0.5) is 0 Å². The first-order valence-corrected chi connectivity index (χ1v) is 45.0. The number of fused-ring (bicyclic) bond motifs is 14. The third kappa shape index (κ3) is 16.7. The summed E-state index contributed by atoms with van der Waals surface area (Å²) in [5, 5.41) is 60.8. The van der Waals surface area contributed by atoms with Crippen LogP contribution in [0.25, 0.3) is 0 Å². The minimum atomic E-state index is -0.598. The molecule has 0 amide bonds. The van der Waals surface area contributed by atoms with Gasteiger partial charge in [-0.3, -0.25) is 33.6 Å². The fourth-order valence-corrected chi connectivity index (χ4v) is 26.5. The van der Waals surface area contributed by atoms with Gasteiger partial charge in [-0.05, 0) is 245 Å². The van der Waals surface area contributed by atoms with Gasteiger partial charge in [0.15, 0.2) is 5.78 Å². The maximum Gasteiger partial charge on any atom is 0.309 e. The first-order chi connectivity index (χ1) is 54.5. The minimum absolute atomic E-state index is 0.00842. The van der Waals surface area contributed by atoms with Crippen LogP contribution in [-0.4, -0.2) is 146 Å². The molecule has 640 valence electrons. The van der Waals surface area contributed by atoms with Crippen molar-refractivity contribution < 1.29 is 92.6 Å². The predicted octanol–water partition coefficient (Wildman–Crippen LogP) is 15.4. The van der Waals surface area contributed by atoms with Crippen molar-refractivity contribution in [3.05, 3.63) is 84.1 Å². The average molecular weight is 1600 g/mol. The molecule has 6 aliphatic heterocycles. The van der Waals surface area contributed by atoms with Crippen molar-refractivity contribution in [2.24, 2.45) is 134 Å². The van der Waals surface area contributed by atoms with Crippen LogP contribution >= 0.6 is 0 Å². The number of aliphatic hydroxyl groups excluding tert-OH is 6. The summed E-state index contributed by atoms with van der Waals surface area (Å²) in [4.78, 5) is 83.8. The first-order valence-electron chi connectivity index (χ1n) is 45.0. The Kier molecular flexibility index (Phi) is 27.5. The Balaban J connectivity index is 0.000000127. The highest BCUT2D eigenvalue weighted by atomic mass is 16.6. The molecule has 115 heavy (non-hydrogen) atoms. The molecule has 17 rings (SSSR count). The van der Waals surface area contributed by atoms with Gasteiger partial charge in [0.25, 0.3) is 0 Å². The Labute approximate surface area is 685 Å². The van der Waals surface area contributed by atoms with E-state index in [4.69, 9.17) is 28.4 Å². The van der Waals surface area contributed by atoms with Gasteiger partial charge in [-0.15, -0.1) is 0 Å². The Bertz CT molecular complexity index is 3740. The largest absolute Gasteiger partial charge is 0.462 e. The highest BCUT2D eigenvalue weighted by Crippen LogP contribution is 2.63. The molecule has 19 nitrogen and oxygen atoms in total. The van der Waals surface area contributed by atoms with Crippen molar-refractivity contribution >= 4 is 41.6 Å². The van der Waals surface area contributed by atoms with Gasteiger partial charge in [0.05, 0.1) is 66.0 Å². The van der Waals surface area contributed by atoms with E-state index in [1.165, 1.54) is 16.7 Å². The summed E-state index contributed by atoms with van der Waals surface area (Å²) in [6, 6.07) is 0. The maximum atomic E-state index is 12.0. The lowest BCUT2D eigenvalue weighted by atomic mass is 9.53. The van der Waals surface area contributed by atoms with Crippen LogP contribution < -0.4 is 0 Å². The Morgan fingerprint density at radius 3 is 1.55 bits per heavy atom. The number of ketones is 1. The molecule has 3 unspecified atom stereocenters. The zero-order chi connectivity index (χ0) is 83.6. The van der Waals surface area contributed by atoms with Crippen LogP contribution in [0.5, 0.6) is 0 Å². The molecule has 0 aromatic heterocycles.